The SMILES string of the molecule is CCC(=O)CCCCCNC(=O)CN(CC(=O)NCCO[C@@H]1O[C@H](CO)[C@@H](O)[C@H](O)[C@@H]1O)CC(=O)N[C@H](CCO[C@H]1O[C@H](CO)[C@@H](O)[C@H](O)[C@@H]1O)CO[C@H]1O[C@H](CO)[C@@H](O)[C@H](O)[C@@H]1O.CN[C@@H](CCCCN)C(=O)C(=O)CCCCCNC(=O)CN(CC(=O)NCCO[C@@H]1O[C@H](CO)[C@@H](O)[C@H](O)[C@@H]1O)CC(=O)N[C@H](CCO[C@H]1O[C@H](CO)[C@@H](O)[C@H](O)[C@@H]1O)CO[C@H]1O[C@H](CO)[C@@H](O)[C@H](O)[C@@H]1O. The summed E-state index contributed by atoms with van der Waals surface area (Å²) in [4.78, 5) is 119. The van der Waals surface area contributed by atoms with Gasteiger partial charge in [0.05, 0.1) is 137 Å². The molecule has 0 unspecified atom stereocenters. The second-order valence-electron chi connectivity index (χ2n) is 33.6. The molecule has 6 saturated heterocycles. The number of rotatable bonds is 62. The zero-order valence-electron chi connectivity index (χ0n) is 76.0. The van der Waals surface area contributed by atoms with Crippen LogP contribution in [0.15, 0.2) is 0 Å². The van der Waals surface area contributed by atoms with E-state index in [1.165, 1.54) is 4.90 Å². The molecular weight excluding hydrogens is 1830 g/mol. The highest BCUT2D eigenvalue weighted by atomic mass is 16.7. The normalized spacial score (nSPS) is 32.6. The number of nitrogens with one attached hydrogen (secondary N) is 7. The highest BCUT2D eigenvalue weighted by Gasteiger charge is 2.51. The zero-order valence-corrected chi connectivity index (χ0v) is 76.0. The molecule has 55 heteroatoms. The summed E-state index contributed by atoms with van der Waals surface area (Å²) in [6, 6.07) is -2.76. The molecule has 790 valence electrons. The van der Waals surface area contributed by atoms with Crippen LogP contribution in [-0.2, 0) is 100.0 Å². The molecule has 6 aliphatic heterocycles. The van der Waals surface area contributed by atoms with Gasteiger partial charge >= 0.3 is 0 Å². The molecule has 33 N–H and O–H groups in total. The van der Waals surface area contributed by atoms with Gasteiger partial charge in [-0.3, -0.25) is 53.0 Å². The fourth-order valence-electron chi connectivity index (χ4n) is 14.8. The smallest absolute Gasteiger partial charge is 0.234 e. The Balaban J connectivity index is 0.000000484. The van der Waals surface area contributed by atoms with Crippen LogP contribution >= 0.6 is 0 Å². The van der Waals surface area contributed by atoms with Crippen LogP contribution in [0.5, 0.6) is 0 Å². The summed E-state index contributed by atoms with van der Waals surface area (Å²) in [5.74, 6) is -5.05. The third kappa shape index (κ3) is 39.5. The molecule has 0 aliphatic carbocycles. The van der Waals surface area contributed by atoms with E-state index in [0.717, 1.165) is 11.3 Å². The number of aliphatic hydroxyl groups is 24. The highest BCUT2D eigenvalue weighted by molar-refractivity contribution is 6.39. The summed E-state index contributed by atoms with van der Waals surface area (Å²) < 4.78 is 65.3. The number of unbranched alkanes of at least 4 members (excludes halogenated alkanes) is 5. The molecular formula is C81H146N10O45. The topological polar surface area (TPSA) is 867 Å². The third-order valence-corrected chi connectivity index (χ3v) is 23.0. The molecule has 6 rings (SSSR count). The summed E-state index contributed by atoms with van der Waals surface area (Å²) >= 11 is 0. The Morgan fingerprint density at radius 3 is 0.868 bits per heavy atom. The van der Waals surface area contributed by atoms with Crippen LogP contribution < -0.4 is 43.0 Å². The summed E-state index contributed by atoms with van der Waals surface area (Å²) in [6.45, 7) is -7.67. The van der Waals surface area contributed by atoms with Crippen molar-refractivity contribution in [1.82, 2.24) is 47.0 Å². The second-order valence-corrected chi connectivity index (χ2v) is 33.6. The van der Waals surface area contributed by atoms with Crippen molar-refractivity contribution in [2.24, 2.45) is 5.73 Å². The Kier molecular flexibility index (Phi) is 56.8. The molecule has 0 radical (unpaired) electrons. The summed E-state index contributed by atoms with van der Waals surface area (Å²) in [5, 5.41) is 259. The molecule has 136 heavy (non-hydrogen) atoms. The van der Waals surface area contributed by atoms with E-state index >= 15 is 0 Å². The lowest BCUT2D eigenvalue weighted by molar-refractivity contribution is -0.304. The first-order valence-electron chi connectivity index (χ1n) is 45.4. The summed E-state index contributed by atoms with van der Waals surface area (Å²) in [7, 11) is 1.60. The van der Waals surface area contributed by atoms with Crippen molar-refractivity contribution in [3.05, 3.63) is 0 Å². The quantitative estimate of drug-likeness (QED) is 0.0199. The van der Waals surface area contributed by atoms with Gasteiger partial charge in [-0.1, -0.05) is 26.2 Å². The van der Waals surface area contributed by atoms with Gasteiger partial charge in [0.25, 0.3) is 0 Å². The molecule has 6 amide bonds. The van der Waals surface area contributed by atoms with Gasteiger partial charge in [0.15, 0.2) is 43.5 Å². The number of nitrogens with two attached hydrogens (primary N) is 1. The lowest BCUT2D eigenvalue weighted by Crippen LogP contribution is -2.60. The lowest BCUT2D eigenvalue weighted by Gasteiger charge is -2.40. The van der Waals surface area contributed by atoms with E-state index in [1.54, 1.807) is 14.0 Å². The molecule has 6 heterocycles. The van der Waals surface area contributed by atoms with E-state index in [2.05, 4.69) is 37.2 Å². The van der Waals surface area contributed by atoms with E-state index in [-0.39, 0.29) is 77.7 Å². The largest absolute Gasteiger partial charge is 0.394 e. The summed E-state index contributed by atoms with van der Waals surface area (Å²) in [6.07, 6.45) is -42.3. The van der Waals surface area contributed by atoms with Crippen LogP contribution in [0, 0.1) is 0 Å². The summed E-state index contributed by atoms with van der Waals surface area (Å²) in [5.41, 5.74) is 5.52. The van der Waals surface area contributed by atoms with Gasteiger partial charge in [0, 0.05) is 45.4 Å². The molecule has 33 atom stereocenters. The number of hydrogen-bond donors (Lipinski definition) is 32. The van der Waals surface area contributed by atoms with Crippen LogP contribution in [0.25, 0.3) is 0 Å². The van der Waals surface area contributed by atoms with Crippen LogP contribution in [0.3, 0.4) is 0 Å². The maximum atomic E-state index is 13.7. The van der Waals surface area contributed by atoms with Crippen LogP contribution in [0.1, 0.15) is 96.8 Å². The standard InChI is InChI=1S/C43H78N6O23.C38H68N4O22/c1-45-23(7-4-5-10-44)31(57)24(53)8-3-2-6-11-46-28(54)15-49(16-29(55)47-12-14-68-42-39(65)36(62)33(59)26(19-51)71-42)17-30(56)48-22(21-69-43-40(66)37(63)34(60)27(20-52)72-43)9-13-67-41-38(64)35(61)32(58)25(18-50)70-41;1-2-20(46)6-4-3-5-8-39-24(47)12-42(13-25(48)40-9-11-60-37-34(57)31(54)28(51)22(16-44)63-37)14-26(49)41-19(18-61-38-35(58)32(55)29(52)23(17-45)64-38)7-10-59-36-33(56)30(53)27(50)21(15-43)62-36/h22-23,25-27,32-43,45,50-52,58-66H,2-21,44H2,1H3,(H,46,54)(H,47,55)(H,48,56);19,21-23,27-38,43-45,50-58H,2-18H2,1H3,(H,39,47)(H,40,48)(H,41,49)/t22-,23+,25-,26-,27-,32-,33-,34-,35+,36+,37+,38+,39+,40+,41+,42-,43+;19-,21-,22-,23-,27-,28-,29-,30+,31+,32+,33+,34+,35+,36+,37-,38+/m11/s1. The number of ketones is 3. The van der Waals surface area contributed by atoms with Gasteiger partial charge in [0.2, 0.25) is 41.2 Å². The first kappa shape index (κ1) is 121. The maximum absolute atomic E-state index is 13.7. The lowest BCUT2D eigenvalue weighted by atomic mass is 9.99. The molecule has 55 nitrogen and oxygen atoms in total. The van der Waals surface area contributed by atoms with Crippen molar-refractivity contribution >= 4 is 52.8 Å². The minimum absolute atomic E-state index is 0.0157. The Morgan fingerprint density at radius 1 is 0.316 bits per heavy atom. The van der Waals surface area contributed by atoms with Gasteiger partial charge < -0.3 is 222 Å². The van der Waals surface area contributed by atoms with Crippen molar-refractivity contribution in [3.63, 3.8) is 0 Å². The number of carbonyl (C=O) groups excluding carboxylic acids is 9. The van der Waals surface area contributed by atoms with Crippen molar-refractivity contribution in [2.45, 2.75) is 299 Å². The molecule has 0 bridgehead atoms. The van der Waals surface area contributed by atoms with E-state index in [0.29, 0.717) is 70.8 Å². The fraction of sp³-hybridized carbons (Fsp3) is 0.889. The first-order valence-corrected chi connectivity index (χ1v) is 45.4. The molecule has 0 saturated carbocycles. The van der Waals surface area contributed by atoms with Crippen molar-refractivity contribution in [3.8, 4) is 0 Å². The number of likely N-dealkylation sites (N-methyl/N-ethyl adjacent to an activating group) is 1. The Morgan fingerprint density at radius 2 is 0.588 bits per heavy atom. The third-order valence-electron chi connectivity index (χ3n) is 23.0. The van der Waals surface area contributed by atoms with Gasteiger partial charge in [-0.25, -0.2) is 0 Å². The van der Waals surface area contributed by atoms with Crippen molar-refractivity contribution in [2.75, 3.05) is 158 Å². The van der Waals surface area contributed by atoms with E-state index in [9.17, 15) is 166 Å². The van der Waals surface area contributed by atoms with Crippen molar-refractivity contribution in [1.29, 1.82) is 0 Å². The Bertz CT molecular complexity index is 3450. The predicted molar refractivity (Wildman–Crippen MR) is 454 cm³/mol. The number of aliphatic hydroxyl groups excluding tert-OH is 24. The number of nitrogens with zero attached hydrogens (tertiary/aromatic N) is 2. The van der Waals surface area contributed by atoms with Gasteiger partial charge in [-0.05, 0) is 65.0 Å². The molecule has 0 aromatic rings. The molecule has 0 aromatic heterocycles. The van der Waals surface area contributed by atoms with Crippen molar-refractivity contribution < 1.29 is 223 Å². The van der Waals surface area contributed by atoms with Crippen LogP contribution in [0.4, 0.5) is 0 Å². The van der Waals surface area contributed by atoms with Crippen LogP contribution in [-0.4, -0.2) is 546 Å². The monoisotopic (exact) mass is 1980 g/mol. The van der Waals surface area contributed by atoms with Gasteiger partial charge in [-0.2, -0.15) is 0 Å². The minimum Gasteiger partial charge on any atom is -0.394 e. The van der Waals surface area contributed by atoms with E-state index in [1.807, 2.05) is 0 Å². The zero-order chi connectivity index (χ0) is 101. The van der Waals surface area contributed by atoms with Gasteiger partial charge in [0.1, 0.15) is 152 Å². The average Bonchev–Trinajstić information content (AvgIpc) is 0.837. The molecule has 0 aromatic carbocycles. The second kappa shape index (κ2) is 64.0. The molecule has 6 aliphatic rings. The maximum Gasteiger partial charge on any atom is 0.234 e. The molecule has 6 fully saturated rings. The number of Topliss-reactive ketones (excluding diaryl/α,β-unsaturated/α-hetero) is 3. The number of ether oxygens (including phenoxy) is 12. The highest BCUT2D eigenvalue weighted by Crippen LogP contribution is 2.29. The fourth-order valence-corrected chi connectivity index (χ4v) is 14.8. The number of hydrogen-bond acceptors (Lipinski definition) is 49. The Hall–Kier alpha value is -5.77. The van der Waals surface area contributed by atoms with E-state index in [4.69, 9.17) is 62.6 Å². The number of carbonyl (C=O) groups is 9. The van der Waals surface area contributed by atoms with Crippen LogP contribution in [0.2, 0.25) is 0 Å². The van der Waals surface area contributed by atoms with Gasteiger partial charge in [-0.15, -0.1) is 0 Å². The minimum atomic E-state index is -1.82. The first-order chi connectivity index (χ1) is 64.8. The Labute approximate surface area is 782 Å². The molecule has 0 spiro atoms. The predicted octanol–water partition coefficient (Wildman–Crippen LogP) is -18.4. The number of amides is 6. The van der Waals surface area contributed by atoms with E-state index < -0.39 is 341 Å². The average molecular weight is 1980 g/mol.